The number of nitrogens with one attached hydrogen (secondary N) is 1. The van der Waals surface area contributed by atoms with Crippen LogP contribution in [-0.4, -0.2) is 17.8 Å². The predicted octanol–water partition coefficient (Wildman–Crippen LogP) is 2.58. The summed E-state index contributed by atoms with van der Waals surface area (Å²) in [5.41, 5.74) is 2.82. The van der Waals surface area contributed by atoms with E-state index in [9.17, 15) is 8.42 Å². The highest BCUT2D eigenvalue weighted by molar-refractivity contribution is 7.91. The Morgan fingerprint density at radius 2 is 1.95 bits per heavy atom. The van der Waals surface area contributed by atoms with Crippen molar-refractivity contribution in [2.75, 3.05) is 4.72 Å². The van der Waals surface area contributed by atoms with E-state index >= 15 is 0 Å². The summed E-state index contributed by atoms with van der Waals surface area (Å²) in [6, 6.07) is 10.9. The average molecular weight is 301 g/mol. The van der Waals surface area contributed by atoms with Gasteiger partial charge in [0.25, 0.3) is 0 Å². The van der Waals surface area contributed by atoms with E-state index in [4.69, 9.17) is 0 Å². The average Bonchev–Trinajstić information content (AvgIpc) is 2.90. The third-order valence-electron chi connectivity index (χ3n) is 3.29. The van der Waals surface area contributed by atoms with Crippen LogP contribution in [0.3, 0.4) is 0 Å². The SMILES string of the molecule is Cc1ccccc1CS(=O)(=O)Nc1cccn2ccnc12. The van der Waals surface area contributed by atoms with Crippen LogP contribution in [0.2, 0.25) is 0 Å². The van der Waals surface area contributed by atoms with Gasteiger partial charge in [-0.05, 0) is 30.2 Å². The van der Waals surface area contributed by atoms with E-state index < -0.39 is 10.0 Å². The lowest BCUT2D eigenvalue weighted by Crippen LogP contribution is -2.16. The Bertz CT molecular complexity index is 885. The van der Waals surface area contributed by atoms with E-state index in [1.807, 2.05) is 37.4 Å². The molecular formula is C15H15N3O2S. The molecule has 21 heavy (non-hydrogen) atoms. The fourth-order valence-corrected chi connectivity index (χ4v) is 3.51. The molecule has 2 aromatic heterocycles. The van der Waals surface area contributed by atoms with Crippen LogP contribution < -0.4 is 4.72 Å². The first-order chi connectivity index (χ1) is 10.1. The monoisotopic (exact) mass is 301 g/mol. The molecule has 0 radical (unpaired) electrons. The molecule has 0 fully saturated rings. The summed E-state index contributed by atoms with van der Waals surface area (Å²) < 4.78 is 29.1. The Balaban J connectivity index is 1.90. The van der Waals surface area contributed by atoms with Crippen molar-refractivity contribution in [3.8, 4) is 0 Å². The zero-order chi connectivity index (χ0) is 14.9. The maximum atomic E-state index is 12.3. The number of nitrogens with zero attached hydrogens (tertiary/aromatic N) is 2. The minimum atomic E-state index is -3.48. The number of imidazole rings is 1. The summed E-state index contributed by atoms with van der Waals surface area (Å²) in [5.74, 6) is -0.0541. The van der Waals surface area contributed by atoms with Gasteiger partial charge < -0.3 is 4.40 Å². The van der Waals surface area contributed by atoms with Crippen molar-refractivity contribution in [1.82, 2.24) is 9.38 Å². The number of sulfonamides is 1. The highest BCUT2D eigenvalue weighted by atomic mass is 32.2. The molecule has 2 heterocycles. The van der Waals surface area contributed by atoms with Crippen LogP contribution in [0.5, 0.6) is 0 Å². The van der Waals surface area contributed by atoms with Gasteiger partial charge in [0.2, 0.25) is 10.0 Å². The number of aryl methyl sites for hydroxylation is 1. The largest absolute Gasteiger partial charge is 0.305 e. The highest BCUT2D eigenvalue weighted by Crippen LogP contribution is 2.18. The molecule has 3 aromatic rings. The van der Waals surface area contributed by atoms with Crippen LogP contribution in [0.25, 0.3) is 5.65 Å². The Labute approximate surface area is 123 Å². The van der Waals surface area contributed by atoms with Crippen LogP contribution in [-0.2, 0) is 15.8 Å². The van der Waals surface area contributed by atoms with Gasteiger partial charge in [-0.1, -0.05) is 24.3 Å². The lowest BCUT2D eigenvalue weighted by atomic mass is 10.1. The van der Waals surface area contributed by atoms with Gasteiger partial charge in [-0.3, -0.25) is 4.72 Å². The third-order valence-corrected chi connectivity index (χ3v) is 4.51. The Morgan fingerprint density at radius 3 is 2.76 bits per heavy atom. The van der Waals surface area contributed by atoms with Gasteiger partial charge in [0.1, 0.15) is 0 Å². The first kappa shape index (κ1) is 13.6. The topological polar surface area (TPSA) is 63.5 Å². The van der Waals surface area contributed by atoms with Crippen molar-refractivity contribution < 1.29 is 8.42 Å². The number of benzene rings is 1. The van der Waals surface area contributed by atoms with Crippen molar-refractivity contribution in [2.24, 2.45) is 0 Å². The highest BCUT2D eigenvalue weighted by Gasteiger charge is 2.15. The third kappa shape index (κ3) is 2.90. The number of anilines is 1. The van der Waals surface area contributed by atoms with Crippen LogP contribution in [0.4, 0.5) is 5.69 Å². The number of rotatable bonds is 4. The second-order valence-electron chi connectivity index (χ2n) is 4.87. The fourth-order valence-electron chi connectivity index (χ4n) is 2.21. The number of hydrogen-bond donors (Lipinski definition) is 1. The molecule has 1 aromatic carbocycles. The summed E-state index contributed by atoms with van der Waals surface area (Å²) in [7, 11) is -3.48. The smallest absolute Gasteiger partial charge is 0.237 e. The van der Waals surface area contributed by atoms with Gasteiger partial charge in [-0.2, -0.15) is 0 Å². The minimum Gasteiger partial charge on any atom is -0.305 e. The van der Waals surface area contributed by atoms with Crippen LogP contribution in [0.15, 0.2) is 55.0 Å². The second-order valence-corrected chi connectivity index (χ2v) is 6.59. The van der Waals surface area contributed by atoms with E-state index in [1.54, 1.807) is 28.9 Å². The van der Waals surface area contributed by atoms with Crippen molar-refractivity contribution >= 4 is 21.4 Å². The molecule has 0 bridgehead atoms. The van der Waals surface area contributed by atoms with Gasteiger partial charge in [0.05, 0.1) is 11.4 Å². The molecule has 6 heteroatoms. The van der Waals surface area contributed by atoms with Gasteiger partial charge in [-0.15, -0.1) is 0 Å². The molecule has 5 nitrogen and oxygen atoms in total. The van der Waals surface area contributed by atoms with E-state index in [0.717, 1.165) is 11.1 Å². The van der Waals surface area contributed by atoms with Gasteiger partial charge >= 0.3 is 0 Å². The Morgan fingerprint density at radius 1 is 1.14 bits per heavy atom. The first-order valence-corrected chi connectivity index (χ1v) is 8.17. The molecule has 0 saturated heterocycles. The van der Waals surface area contributed by atoms with Crippen molar-refractivity contribution in [3.63, 3.8) is 0 Å². The van der Waals surface area contributed by atoms with Crippen molar-refractivity contribution in [1.29, 1.82) is 0 Å². The number of hydrogen-bond acceptors (Lipinski definition) is 3. The van der Waals surface area contributed by atoms with Crippen LogP contribution in [0, 0.1) is 6.92 Å². The lowest BCUT2D eigenvalue weighted by Gasteiger charge is -2.10. The molecule has 0 aliphatic heterocycles. The lowest BCUT2D eigenvalue weighted by molar-refractivity contribution is 0.600. The maximum absolute atomic E-state index is 12.3. The van der Waals surface area contributed by atoms with Crippen LogP contribution >= 0.6 is 0 Å². The molecule has 108 valence electrons. The van der Waals surface area contributed by atoms with Gasteiger partial charge in [0.15, 0.2) is 5.65 Å². The van der Waals surface area contributed by atoms with Gasteiger partial charge in [-0.25, -0.2) is 13.4 Å². The molecule has 1 N–H and O–H groups in total. The van der Waals surface area contributed by atoms with E-state index in [1.165, 1.54) is 0 Å². The molecule has 0 unspecified atom stereocenters. The van der Waals surface area contributed by atoms with Crippen LogP contribution in [0.1, 0.15) is 11.1 Å². The molecule has 0 amide bonds. The molecular weight excluding hydrogens is 286 g/mol. The predicted molar refractivity (Wildman–Crippen MR) is 82.6 cm³/mol. The molecule has 3 rings (SSSR count). The van der Waals surface area contributed by atoms with E-state index in [2.05, 4.69) is 9.71 Å². The Hall–Kier alpha value is -2.34. The normalized spacial score (nSPS) is 11.7. The Kier molecular flexibility index (Phi) is 3.39. The summed E-state index contributed by atoms with van der Waals surface area (Å²) in [6.07, 6.45) is 5.23. The summed E-state index contributed by atoms with van der Waals surface area (Å²) >= 11 is 0. The molecule has 0 aliphatic rings. The maximum Gasteiger partial charge on any atom is 0.237 e. The van der Waals surface area contributed by atoms with Crippen molar-refractivity contribution in [3.05, 3.63) is 66.1 Å². The number of pyridine rings is 1. The second kappa shape index (κ2) is 5.21. The molecule has 0 spiro atoms. The standard InChI is InChI=1S/C15H15N3O2S/c1-12-5-2-3-6-13(12)11-21(19,20)17-14-7-4-9-18-10-8-16-15(14)18/h2-10,17H,11H2,1H3. The van der Waals surface area contributed by atoms with E-state index in [-0.39, 0.29) is 5.75 Å². The molecule has 0 aliphatic carbocycles. The number of aromatic nitrogens is 2. The summed E-state index contributed by atoms with van der Waals surface area (Å²) in [4.78, 5) is 4.16. The zero-order valence-corrected chi connectivity index (χ0v) is 12.3. The summed E-state index contributed by atoms with van der Waals surface area (Å²) in [5, 5.41) is 0. The quantitative estimate of drug-likeness (QED) is 0.805. The number of fused-ring (bicyclic) bond motifs is 1. The zero-order valence-electron chi connectivity index (χ0n) is 11.5. The first-order valence-electron chi connectivity index (χ1n) is 6.52. The van der Waals surface area contributed by atoms with Crippen molar-refractivity contribution in [2.45, 2.75) is 12.7 Å². The summed E-state index contributed by atoms with van der Waals surface area (Å²) in [6.45, 7) is 1.90. The molecule has 0 atom stereocenters. The van der Waals surface area contributed by atoms with E-state index in [0.29, 0.717) is 11.3 Å². The fraction of sp³-hybridized carbons (Fsp3) is 0.133. The molecule has 0 saturated carbocycles. The van der Waals surface area contributed by atoms with Gasteiger partial charge in [0, 0.05) is 18.6 Å². The minimum absolute atomic E-state index is 0.0541.